The summed E-state index contributed by atoms with van der Waals surface area (Å²) in [4.78, 5) is 38.9. The summed E-state index contributed by atoms with van der Waals surface area (Å²) in [6.45, 7) is 3.67. The van der Waals surface area contributed by atoms with Gasteiger partial charge in [0, 0.05) is 18.7 Å². The number of carbonyl (C=O) groups excluding carboxylic acids is 3. The molecule has 0 spiro atoms. The minimum absolute atomic E-state index is 0.0694. The maximum Gasteiger partial charge on any atom is 0.312 e. The van der Waals surface area contributed by atoms with Gasteiger partial charge in [-0.25, -0.2) is 0 Å². The Bertz CT molecular complexity index is 966. The van der Waals surface area contributed by atoms with Crippen molar-refractivity contribution in [3.8, 4) is 6.07 Å². The standard InChI is InChI=1S/C23H23N3O4/c1-15(18-6-4-3-5-7-18)26-14-19(12-21(26)27)23(29)30-16(2)22(28)25-20-10-8-17(13-24)9-11-20/h3-11,15-16,19H,12,14H2,1-2H3,(H,25,28)/t15-,16+,19+/m1/s1. The summed E-state index contributed by atoms with van der Waals surface area (Å²) < 4.78 is 5.31. The Kier molecular flexibility index (Phi) is 6.48. The van der Waals surface area contributed by atoms with Crippen LogP contribution >= 0.6 is 0 Å². The zero-order valence-corrected chi connectivity index (χ0v) is 16.9. The van der Waals surface area contributed by atoms with Crippen LogP contribution in [-0.4, -0.2) is 35.3 Å². The molecule has 1 saturated heterocycles. The molecule has 0 bridgehead atoms. The SMILES string of the molecule is C[C@H](OC(=O)[C@H]1CC(=O)N([C@H](C)c2ccccc2)C1)C(=O)Nc1ccc(C#N)cc1. The van der Waals surface area contributed by atoms with Crippen molar-refractivity contribution in [2.45, 2.75) is 32.4 Å². The fourth-order valence-electron chi connectivity index (χ4n) is 3.37. The highest BCUT2D eigenvalue weighted by atomic mass is 16.5. The molecular weight excluding hydrogens is 382 g/mol. The summed E-state index contributed by atoms with van der Waals surface area (Å²) >= 11 is 0. The van der Waals surface area contributed by atoms with Gasteiger partial charge in [0.15, 0.2) is 6.10 Å². The van der Waals surface area contributed by atoms with Gasteiger partial charge in [-0.3, -0.25) is 14.4 Å². The van der Waals surface area contributed by atoms with E-state index in [1.165, 1.54) is 6.92 Å². The van der Waals surface area contributed by atoms with Crippen LogP contribution in [-0.2, 0) is 19.1 Å². The fourth-order valence-corrected chi connectivity index (χ4v) is 3.37. The highest BCUT2D eigenvalue weighted by molar-refractivity contribution is 5.95. The van der Waals surface area contributed by atoms with E-state index in [-0.39, 0.29) is 24.9 Å². The number of amides is 2. The molecule has 7 heteroatoms. The van der Waals surface area contributed by atoms with Crippen molar-refractivity contribution in [2.24, 2.45) is 5.92 Å². The molecule has 1 aliphatic rings. The molecule has 0 saturated carbocycles. The van der Waals surface area contributed by atoms with E-state index in [9.17, 15) is 14.4 Å². The van der Waals surface area contributed by atoms with Gasteiger partial charge in [0.25, 0.3) is 5.91 Å². The third-order valence-corrected chi connectivity index (χ3v) is 5.18. The van der Waals surface area contributed by atoms with Crippen molar-refractivity contribution in [3.05, 3.63) is 65.7 Å². The number of benzene rings is 2. The lowest BCUT2D eigenvalue weighted by Crippen LogP contribution is -2.33. The Balaban J connectivity index is 1.55. The first-order chi connectivity index (χ1) is 14.4. The number of nitrogens with zero attached hydrogens (tertiary/aromatic N) is 2. The van der Waals surface area contributed by atoms with Gasteiger partial charge in [0.1, 0.15) is 0 Å². The molecule has 3 rings (SSSR count). The lowest BCUT2D eigenvalue weighted by atomic mass is 10.1. The van der Waals surface area contributed by atoms with Gasteiger partial charge in [-0.1, -0.05) is 30.3 Å². The van der Waals surface area contributed by atoms with Crippen LogP contribution in [0.5, 0.6) is 0 Å². The molecule has 0 unspecified atom stereocenters. The molecule has 1 aliphatic heterocycles. The van der Waals surface area contributed by atoms with Crippen LogP contribution in [0.2, 0.25) is 0 Å². The largest absolute Gasteiger partial charge is 0.452 e. The number of carbonyl (C=O) groups is 3. The van der Waals surface area contributed by atoms with Crippen molar-refractivity contribution in [2.75, 3.05) is 11.9 Å². The van der Waals surface area contributed by atoms with Crippen molar-refractivity contribution in [1.82, 2.24) is 4.90 Å². The Morgan fingerprint density at radius 2 is 1.80 bits per heavy atom. The molecule has 2 aromatic rings. The molecule has 2 amide bonds. The summed E-state index contributed by atoms with van der Waals surface area (Å²) in [6, 6.07) is 17.8. The second kappa shape index (κ2) is 9.23. The minimum atomic E-state index is -1.01. The van der Waals surface area contributed by atoms with E-state index in [2.05, 4.69) is 5.32 Å². The minimum Gasteiger partial charge on any atom is -0.452 e. The average molecular weight is 405 g/mol. The van der Waals surface area contributed by atoms with Crippen LogP contribution in [0, 0.1) is 17.2 Å². The van der Waals surface area contributed by atoms with E-state index in [1.807, 2.05) is 43.3 Å². The van der Waals surface area contributed by atoms with Crippen LogP contribution in [0.4, 0.5) is 5.69 Å². The summed E-state index contributed by atoms with van der Waals surface area (Å²) in [6.07, 6.45) is -0.941. The van der Waals surface area contributed by atoms with Crippen LogP contribution < -0.4 is 5.32 Å². The van der Waals surface area contributed by atoms with Crippen molar-refractivity contribution in [1.29, 1.82) is 5.26 Å². The number of esters is 1. The quantitative estimate of drug-likeness (QED) is 0.745. The summed E-state index contributed by atoms with van der Waals surface area (Å²) in [5.41, 5.74) is 1.98. The highest BCUT2D eigenvalue weighted by Crippen LogP contribution is 2.29. The fraction of sp³-hybridized carbons (Fsp3) is 0.304. The molecule has 0 aliphatic carbocycles. The first-order valence-corrected chi connectivity index (χ1v) is 9.75. The summed E-state index contributed by atoms with van der Waals surface area (Å²) in [5.74, 6) is -1.75. The second-order valence-electron chi connectivity index (χ2n) is 7.29. The molecule has 30 heavy (non-hydrogen) atoms. The van der Waals surface area contributed by atoms with Crippen LogP contribution in [0.15, 0.2) is 54.6 Å². The zero-order chi connectivity index (χ0) is 21.7. The topological polar surface area (TPSA) is 99.5 Å². The molecule has 3 atom stereocenters. The van der Waals surface area contributed by atoms with Gasteiger partial charge in [0.05, 0.1) is 23.6 Å². The van der Waals surface area contributed by atoms with Gasteiger partial charge in [-0.05, 0) is 43.7 Å². The van der Waals surface area contributed by atoms with Gasteiger partial charge >= 0.3 is 5.97 Å². The number of anilines is 1. The molecule has 0 radical (unpaired) electrons. The molecule has 1 N–H and O–H groups in total. The van der Waals surface area contributed by atoms with Gasteiger partial charge in [0.2, 0.25) is 5.91 Å². The maximum atomic E-state index is 12.5. The van der Waals surface area contributed by atoms with Crippen molar-refractivity contribution < 1.29 is 19.1 Å². The Morgan fingerprint density at radius 1 is 1.13 bits per heavy atom. The molecule has 154 valence electrons. The number of likely N-dealkylation sites (tertiary alicyclic amines) is 1. The van der Waals surface area contributed by atoms with Crippen LogP contribution in [0.1, 0.15) is 37.4 Å². The van der Waals surface area contributed by atoms with E-state index in [0.29, 0.717) is 11.3 Å². The van der Waals surface area contributed by atoms with Crippen molar-refractivity contribution >= 4 is 23.5 Å². The lowest BCUT2D eigenvalue weighted by Gasteiger charge is -2.25. The maximum absolute atomic E-state index is 12.5. The number of hydrogen-bond acceptors (Lipinski definition) is 5. The normalized spacial score (nSPS) is 17.7. The Hall–Kier alpha value is -3.66. The van der Waals surface area contributed by atoms with Gasteiger partial charge in [-0.2, -0.15) is 5.26 Å². The predicted molar refractivity (Wildman–Crippen MR) is 110 cm³/mol. The first kappa shape index (κ1) is 21.1. The third-order valence-electron chi connectivity index (χ3n) is 5.18. The number of rotatable bonds is 6. The monoisotopic (exact) mass is 405 g/mol. The zero-order valence-electron chi connectivity index (χ0n) is 16.9. The molecule has 7 nitrogen and oxygen atoms in total. The van der Waals surface area contributed by atoms with E-state index in [1.54, 1.807) is 29.2 Å². The molecule has 2 aromatic carbocycles. The lowest BCUT2D eigenvalue weighted by molar-refractivity contribution is -0.157. The Labute approximate surface area is 175 Å². The van der Waals surface area contributed by atoms with E-state index in [0.717, 1.165) is 5.56 Å². The smallest absolute Gasteiger partial charge is 0.312 e. The van der Waals surface area contributed by atoms with Crippen molar-refractivity contribution in [3.63, 3.8) is 0 Å². The average Bonchev–Trinajstić information content (AvgIpc) is 3.16. The van der Waals surface area contributed by atoms with Gasteiger partial charge < -0.3 is 15.0 Å². The molecule has 0 aromatic heterocycles. The highest BCUT2D eigenvalue weighted by Gasteiger charge is 2.38. The number of hydrogen-bond donors (Lipinski definition) is 1. The van der Waals surface area contributed by atoms with Gasteiger partial charge in [-0.15, -0.1) is 0 Å². The first-order valence-electron chi connectivity index (χ1n) is 9.75. The third kappa shape index (κ3) is 4.84. The number of nitrogens with one attached hydrogen (secondary N) is 1. The van der Waals surface area contributed by atoms with E-state index < -0.39 is 23.9 Å². The second-order valence-corrected chi connectivity index (χ2v) is 7.29. The van der Waals surface area contributed by atoms with Crippen LogP contribution in [0.25, 0.3) is 0 Å². The number of nitriles is 1. The van der Waals surface area contributed by atoms with E-state index in [4.69, 9.17) is 10.00 Å². The summed E-state index contributed by atoms with van der Waals surface area (Å²) in [7, 11) is 0. The molecule has 1 fully saturated rings. The number of ether oxygens (including phenoxy) is 1. The van der Waals surface area contributed by atoms with E-state index >= 15 is 0 Å². The molecule has 1 heterocycles. The van der Waals surface area contributed by atoms with Crippen LogP contribution in [0.3, 0.4) is 0 Å². The molecular formula is C23H23N3O4. The predicted octanol–water partition coefficient (Wildman–Crippen LogP) is 3.04. The summed E-state index contributed by atoms with van der Waals surface area (Å²) in [5, 5.41) is 11.5. The Morgan fingerprint density at radius 3 is 2.43 bits per heavy atom.